The molecular weight excluding hydrogens is 377 g/mol. The molecule has 132 valence electrons. The SMILES string of the molecule is N#C[C@H]1CC2=C(C(=O)[O-])N3C(=O)[C@@H](NC(=O)Cc4ccccc4)[C@H]3S[C@H]21.[Na+]. The second-order valence-electron chi connectivity index (χ2n) is 6.46. The number of carboxylic acid groups (broad SMARTS) is 1. The minimum Gasteiger partial charge on any atom is -0.543 e. The van der Waals surface area contributed by atoms with Gasteiger partial charge in [0.1, 0.15) is 11.4 Å². The summed E-state index contributed by atoms with van der Waals surface area (Å²) >= 11 is 1.36. The van der Waals surface area contributed by atoms with Crippen LogP contribution in [0.5, 0.6) is 0 Å². The maximum atomic E-state index is 12.4. The molecule has 3 aliphatic rings. The van der Waals surface area contributed by atoms with Crippen LogP contribution in [0.1, 0.15) is 12.0 Å². The van der Waals surface area contributed by atoms with Crippen LogP contribution in [0.4, 0.5) is 0 Å². The number of rotatable bonds is 4. The van der Waals surface area contributed by atoms with Gasteiger partial charge in [-0.3, -0.25) is 14.5 Å². The molecule has 2 heterocycles. The summed E-state index contributed by atoms with van der Waals surface area (Å²) < 4.78 is 0. The summed E-state index contributed by atoms with van der Waals surface area (Å²) in [6.07, 6.45) is 0.486. The fourth-order valence-electron chi connectivity index (χ4n) is 3.58. The quantitative estimate of drug-likeness (QED) is 0.422. The number of amides is 2. The van der Waals surface area contributed by atoms with Crippen LogP contribution >= 0.6 is 11.8 Å². The normalized spacial score (nSPS) is 27.8. The van der Waals surface area contributed by atoms with Crippen molar-refractivity contribution in [1.82, 2.24) is 10.2 Å². The van der Waals surface area contributed by atoms with Gasteiger partial charge in [-0.2, -0.15) is 5.26 Å². The predicted octanol–water partition coefficient (Wildman–Crippen LogP) is -3.45. The van der Waals surface area contributed by atoms with Gasteiger partial charge in [0.05, 0.1) is 30.1 Å². The third-order valence-corrected chi connectivity index (χ3v) is 6.57. The van der Waals surface area contributed by atoms with E-state index in [4.69, 9.17) is 5.26 Å². The molecule has 0 bridgehead atoms. The molecule has 1 saturated heterocycles. The Morgan fingerprint density at radius 2 is 2.04 bits per heavy atom. The van der Waals surface area contributed by atoms with Gasteiger partial charge in [0, 0.05) is 5.25 Å². The van der Waals surface area contributed by atoms with Crippen LogP contribution in [-0.2, 0) is 20.8 Å². The van der Waals surface area contributed by atoms with E-state index in [-0.39, 0.29) is 58.8 Å². The van der Waals surface area contributed by atoms with Gasteiger partial charge in [0.2, 0.25) is 5.91 Å². The summed E-state index contributed by atoms with van der Waals surface area (Å²) in [5.74, 6) is -2.43. The summed E-state index contributed by atoms with van der Waals surface area (Å²) in [6, 6.07) is 10.5. The molecule has 2 fully saturated rings. The number of carboxylic acids is 1. The summed E-state index contributed by atoms with van der Waals surface area (Å²) in [5.41, 5.74) is 1.29. The van der Waals surface area contributed by atoms with E-state index in [1.54, 1.807) is 0 Å². The Morgan fingerprint density at radius 1 is 1.33 bits per heavy atom. The van der Waals surface area contributed by atoms with Crippen molar-refractivity contribution in [3.63, 3.8) is 0 Å². The number of thioether (sulfide) groups is 1. The number of carbonyl (C=O) groups excluding carboxylic acids is 3. The van der Waals surface area contributed by atoms with Gasteiger partial charge in [0.15, 0.2) is 0 Å². The van der Waals surface area contributed by atoms with Gasteiger partial charge < -0.3 is 15.2 Å². The van der Waals surface area contributed by atoms with Crippen LogP contribution in [0.15, 0.2) is 41.6 Å². The van der Waals surface area contributed by atoms with Crippen LogP contribution < -0.4 is 40.0 Å². The van der Waals surface area contributed by atoms with E-state index in [9.17, 15) is 19.5 Å². The zero-order chi connectivity index (χ0) is 18.4. The summed E-state index contributed by atoms with van der Waals surface area (Å²) in [6.45, 7) is 0. The molecule has 0 unspecified atom stereocenters. The average Bonchev–Trinajstić information content (AvgIpc) is 2.61. The average molecular weight is 391 g/mol. The smallest absolute Gasteiger partial charge is 0.543 e. The van der Waals surface area contributed by atoms with Crippen molar-refractivity contribution >= 4 is 29.5 Å². The van der Waals surface area contributed by atoms with Crippen molar-refractivity contribution in [3.05, 3.63) is 47.2 Å². The van der Waals surface area contributed by atoms with E-state index in [2.05, 4.69) is 11.4 Å². The topological polar surface area (TPSA) is 113 Å². The second kappa shape index (κ2) is 7.68. The molecule has 1 saturated carbocycles. The molecule has 2 amide bonds. The largest absolute Gasteiger partial charge is 1.00 e. The second-order valence-corrected chi connectivity index (χ2v) is 7.73. The fraction of sp³-hybridized carbons (Fsp3) is 0.333. The standard InChI is InChI=1S/C18H15N3O4S.Na/c19-8-10-7-11-14(18(24)25)21-16(23)13(17(21)26-15(10)11)20-12(22)6-9-4-2-1-3-5-9;/h1-5,10,13,15,17H,6-7H2,(H,20,22)(H,24,25);/q;+1/p-1/t10-,13-,15+,17-;/m1./s1. The molecule has 27 heavy (non-hydrogen) atoms. The van der Waals surface area contributed by atoms with Crippen molar-refractivity contribution in [2.24, 2.45) is 5.92 Å². The molecule has 2 aliphatic heterocycles. The molecule has 0 aromatic heterocycles. The van der Waals surface area contributed by atoms with Crippen molar-refractivity contribution in [2.75, 3.05) is 0 Å². The maximum Gasteiger partial charge on any atom is 1.00 e. The zero-order valence-electron chi connectivity index (χ0n) is 14.5. The third-order valence-electron chi connectivity index (χ3n) is 4.91. The van der Waals surface area contributed by atoms with Crippen LogP contribution in [0.2, 0.25) is 0 Å². The number of β-lactam (4-membered cyclic amide) rings is 1. The molecule has 4 rings (SSSR count). The minimum absolute atomic E-state index is 0. The summed E-state index contributed by atoms with van der Waals surface area (Å²) in [5, 5.41) is 22.6. The Bertz CT molecular complexity index is 882. The number of nitrogens with zero attached hydrogens (tertiary/aromatic N) is 2. The number of fused-ring (bicyclic) bond motifs is 2. The van der Waals surface area contributed by atoms with Gasteiger partial charge in [-0.25, -0.2) is 0 Å². The van der Waals surface area contributed by atoms with Gasteiger partial charge in [0.25, 0.3) is 5.91 Å². The number of hydrogen-bond donors (Lipinski definition) is 1. The number of carbonyl (C=O) groups is 3. The van der Waals surface area contributed by atoms with Crippen molar-refractivity contribution in [1.29, 1.82) is 5.26 Å². The van der Waals surface area contributed by atoms with Crippen LogP contribution in [0, 0.1) is 17.2 Å². The number of nitrogens with one attached hydrogen (secondary N) is 1. The van der Waals surface area contributed by atoms with E-state index in [0.29, 0.717) is 12.0 Å². The Labute approximate surface area is 182 Å². The molecule has 1 N–H and O–H groups in total. The first kappa shape index (κ1) is 20.0. The molecule has 0 radical (unpaired) electrons. The van der Waals surface area contributed by atoms with Gasteiger partial charge in [-0.05, 0) is 17.6 Å². The van der Waals surface area contributed by atoms with E-state index in [0.717, 1.165) is 5.56 Å². The molecule has 9 heteroatoms. The molecule has 7 nitrogen and oxygen atoms in total. The molecule has 4 atom stereocenters. The Kier molecular flexibility index (Phi) is 5.68. The molecule has 1 aromatic carbocycles. The van der Waals surface area contributed by atoms with Crippen molar-refractivity contribution in [2.45, 2.75) is 29.5 Å². The van der Waals surface area contributed by atoms with Gasteiger partial charge in [-0.1, -0.05) is 30.3 Å². The summed E-state index contributed by atoms with van der Waals surface area (Å²) in [4.78, 5) is 37.4. The van der Waals surface area contributed by atoms with Gasteiger partial charge >= 0.3 is 29.6 Å². The van der Waals surface area contributed by atoms with E-state index in [1.165, 1.54) is 16.7 Å². The number of hydrogen-bond acceptors (Lipinski definition) is 6. The van der Waals surface area contributed by atoms with Crippen molar-refractivity contribution < 1.29 is 49.0 Å². The maximum absolute atomic E-state index is 12.4. The first-order valence-electron chi connectivity index (χ1n) is 8.17. The molecular formula is C18H14N3NaO4S. The number of benzene rings is 1. The third kappa shape index (κ3) is 3.29. The monoisotopic (exact) mass is 391 g/mol. The first-order chi connectivity index (χ1) is 12.5. The fourth-order valence-corrected chi connectivity index (χ4v) is 5.27. The van der Waals surface area contributed by atoms with Crippen LogP contribution in [-0.4, -0.2) is 39.3 Å². The number of nitriles is 1. The van der Waals surface area contributed by atoms with E-state index in [1.807, 2.05) is 30.3 Å². The first-order valence-corrected chi connectivity index (χ1v) is 9.11. The van der Waals surface area contributed by atoms with E-state index < -0.39 is 23.3 Å². The van der Waals surface area contributed by atoms with Crippen LogP contribution in [0.25, 0.3) is 0 Å². The Morgan fingerprint density at radius 3 is 2.67 bits per heavy atom. The minimum atomic E-state index is -1.41. The summed E-state index contributed by atoms with van der Waals surface area (Å²) in [7, 11) is 0. The van der Waals surface area contributed by atoms with Crippen molar-refractivity contribution in [3.8, 4) is 6.07 Å². The molecule has 1 aliphatic carbocycles. The Balaban J connectivity index is 0.00000210. The zero-order valence-corrected chi connectivity index (χ0v) is 17.4. The number of aliphatic carboxylic acids is 1. The van der Waals surface area contributed by atoms with E-state index >= 15 is 0 Å². The molecule has 1 aromatic rings. The molecule has 0 spiro atoms. The van der Waals surface area contributed by atoms with Gasteiger partial charge in [-0.15, -0.1) is 11.8 Å². The predicted molar refractivity (Wildman–Crippen MR) is 89.8 cm³/mol. The Hall–Kier alpha value is -1.79. The van der Waals surface area contributed by atoms with Crippen LogP contribution in [0.3, 0.4) is 0 Å².